The number of nitrogens with zero attached hydrogens (tertiary/aromatic N) is 3. The number of para-hydroxylation sites is 1. The summed E-state index contributed by atoms with van der Waals surface area (Å²) in [6.45, 7) is 7.75. The topological polar surface area (TPSA) is 66.1 Å². The fourth-order valence-corrected chi connectivity index (χ4v) is 6.22. The Bertz CT molecular complexity index is 2070. The number of rotatable bonds is 5. The molecule has 0 spiro atoms. The molecule has 42 heavy (non-hydrogen) atoms. The summed E-state index contributed by atoms with van der Waals surface area (Å²) in [5, 5.41) is 11.8. The molecular weight excluding hydrogens is 518 g/mol. The Morgan fingerprint density at radius 1 is 0.762 bits per heavy atom. The van der Waals surface area contributed by atoms with Gasteiger partial charge in [0.05, 0.1) is 39.6 Å². The van der Waals surface area contributed by atoms with E-state index in [0.29, 0.717) is 28.9 Å². The first-order valence-electron chi connectivity index (χ1n) is 13.8. The van der Waals surface area contributed by atoms with Crippen molar-refractivity contribution in [2.75, 3.05) is 4.90 Å². The molecule has 2 amide bonds. The highest BCUT2D eigenvalue weighted by molar-refractivity contribution is 6.19. The number of imide groups is 1. The van der Waals surface area contributed by atoms with Crippen molar-refractivity contribution in [1.29, 1.82) is 5.26 Å². The molecule has 5 nitrogen and oxygen atoms in total. The summed E-state index contributed by atoms with van der Waals surface area (Å²) in [5.41, 5.74) is 9.50. The van der Waals surface area contributed by atoms with Crippen LogP contribution in [0.5, 0.6) is 0 Å². The summed E-state index contributed by atoms with van der Waals surface area (Å²) in [7, 11) is 0. The van der Waals surface area contributed by atoms with Crippen molar-refractivity contribution in [1.82, 2.24) is 4.57 Å². The van der Waals surface area contributed by atoms with Gasteiger partial charge in [-0.25, -0.2) is 4.90 Å². The monoisotopic (exact) mass is 547 g/mol. The van der Waals surface area contributed by atoms with E-state index in [1.165, 1.54) is 4.90 Å². The molecule has 0 saturated heterocycles. The Kier molecular flexibility index (Phi) is 6.68. The van der Waals surface area contributed by atoms with Crippen LogP contribution in [0.15, 0.2) is 97.1 Å². The van der Waals surface area contributed by atoms with Gasteiger partial charge >= 0.3 is 0 Å². The quantitative estimate of drug-likeness (QED) is 0.204. The molecule has 0 aliphatic rings. The number of carbonyl (C=O) groups is 2. The molecule has 0 atom stereocenters. The van der Waals surface area contributed by atoms with Crippen LogP contribution in [0.4, 0.5) is 5.69 Å². The number of aromatic nitrogens is 1. The largest absolute Gasteiger partial charge is 0.308 e. The van der Waals surface area contributed by atoms with Crippen molar-refractivity contribution in [3.05, 3.63) is 130 Å². The zero-order valence-corrected chi connectivity index (χ0v) is 24.0. The molecule has 5 aromatic carbocycles. The lowest BCUT2D eigenvalue weighted by molar-refractivity contribution is -0.106. The van der Waals surface area contributed by atoms with E-state index in [4.69, 9.17) is 0 Å². The molecule has 0 N–H and O–H groups in total. The lowest BCUT2D eigenvalue weighted by Gasteiger charge is -2.24. The first kappa shape index (κ1) is 26.7. The number of carbonyl (C=O) groups excluding carboxylic acids is 2. The van der Waals surface area contributed by atoms with Gasteiger partial charge in [-0.3, -0.25) is 9.59 Å². The number of aryl methyl sites for hydroxylation is 4. The van der Waals surface area contributed by atoms with Crippen molar-refractivity contribution in [2.45, 2.75) is 27.7 Å². The summed E-state index contributed by atoms with van der Waals surface area (Å²) < 4.78 is 2.10. The third kappa shape index (κ3) is 4.25. The minimum atomic E-state index is -0.384. The van der Waals surface area contributed by atoms with Gasteiger partial charge in [-0.1, -0.05) is 78.4 Å². The molecule has 0 saturated carbocycles. The highest BCUT2D eigenvalue weighted by Gasteiger charge is 2.27. The van der Waals surface area contributed by atoms with Crippen LogP contribution in [0.3, 0.4) is 0 Å². The molecule has 5 heteroatoms. The number of fused-ring (bicyclic) bond motifs is 3. The van der Waals surface area contributed by atoms with Crippen LogP contribution in [0.1, 0.15) is 38.2 Å². The van der Waals surface area contributed by atoms with Gasteiger partial charge in [0, 0.05) is 10.8 Å². The predicted molar refractivity (Wildman–Crippen MR) is 169 cm³/mol. The third-order valence-electron chi connectivity index (χ3n) is 7.94. The van der Waals surface area contributed by atoms with Gasteiger partial charge in [-0.2, -0.15) is 5.26 Å². The van der Waals surface area contributed by atoms with E-state index in [2.05, 4.69) is 28.8 Å². The average molecular weight is 548 g/mol. The molecular formula is C37H29N3O2. The van der Waals surface area contributed by atoms with E-state index in [9.17, 15) is 14.9 Å². The molecule has 0 radical (unpaired) electrons. The van der Waals surface area contributed by atoms with Gasteiger partial charge in [-0.05, 0) is 79.8 Å². The first-order valence-corrected chi connectivity index (χ1v) is 13.8. The molecule has 0 unspecified atom stereocenters. The number of nitriles is 1. The summed E-state index contributed by atoms with van der Waals surface area (Å²) in [4.78, 5) is 28.2. The van der Waals surface area contributed by atoms with Crippen molar-refractivity contribution >= 4 is 39.8 Å². The van der Waals surface area contributed by atoms with E-state index in [0.717, 1.165) is 55.2 Å². The number of hydrogen-bond acceptors (Lipinski definition) is 3. The smallest absolute Gasteiger partial charge is 0.267 e. The lowest BCUT2D eigenvalue weighted by Crippen LogP contribution is -2.32. The maximum atomic E-state index is 14.4. The Hall–Kier alpha value is -5.47. The predicted octanol–water partition coefficient (Wildman–Crippen LogP) is 8.36. The van der Waals surface area contributed by atoms with Crippen LogP contribution in [-0.2, 0) is 4.79 Å². The van der Waals surface area contributed by atoms with E-state index in [-0.39, 0.29) is 5.91 Å². The maximum Gasteiger partial charge on any atom is 0.267 e. The molecule has 0 aliphatic heterocycles. The molecule has 0 fully saturated rings. The Labute approximate surface area is 244 Å². The minimum Gasteiger partial charge on any atom is -0.308 e. The minimum absolute atomic E-state index is 0.384. The fourth-order valence-electron chi connectivity index (χ4n) is 6.22. The molecule has 0 aliphatic carbocycles. The van der Waals surface area contributed by atoms with E-state index < -0.39 is 0 Å². The Morgan fingerprint density at radius 2 is 1.45 bits per heavy atom. The fraction of sp³-hybridized carbons (Fsp3) is 0.108. The standard InChI is InChI=1S/C37H29N3O2/c1-23-18-25(3)36(26(4)19-23)39(22-41)37(42)35-24(2)10-9-15-33(35)40-32-14-8-7-13-30(32)31-17-16-27(20-34(31)40)29-12-6-5-11-28(29)21-38/h5-20,22H,1-4H3. The van der Waals surface area contributed by atoms with Crippen LogP contribution in [-0.4, -0.2) is 16.9 Å². The van der Waals surface area contributed by atoms with Crippen molar-refractivity contribution in [2.24, 2.45) is 0 Å². The SMILES string of the molecule is Cc1cc(C)c(N(C=O)C(=O)c2c(C)cccc2-n2c3ccccc3c3ccc(-c4ccccc4C#N)cc32)c(C)c1. The van der Waals surface area contributed by atoms with Crippen LogP contribution in [0.2, 0.25) is 0 Å². The van der Waals surface area contributed by atoms with E-state index >= 15 is 0 Å². The number of benzene rings is 5. The van der Waals surface area contributed by atoms with Gasteiger partial charge < -0.3 is 4.57 Å². The van der Waals surface area contributed by atoms with Crippen molar-refractivity contribution in [3.8, 4) is 22.9 Å². The second-order valence-electron chi connectivity index (χ2n) is 10.7. The van der Waals surface area contributed by atoms with Crippen LogP contribution in [0, 0.1) is 39.0 Å². The summed E-state index contributed by atoms with van der Waals surface area (Å²) in [6, 6.07) is 33.9. The normalized spacial score (nSPS) is 11.0. The molecule has 1 heterocycles. The highest BCUT2D eigenvalue weighted by atomic mass is 16.2. The molecule has 204 valence electrons. The van der Waals surface area contributed by atoms with Crippen LogP contribution in [0.25, 0.3) is 38.6 Å². The third-order valence-corrected chi connectivity index (χ3v) is 7.94. The summed E-state index contributed by atoms with van der Waals surface area (Å²) >= 11 is 0. The highest BCUT2D eigenvalue weighted by Crippen LogP contribution is 2.37. The maximum absolute atomic E-state index is 14.4. The zero-order valence-electron chi connectivity index (χ0n) is 24.0. The zero-order chi connectivity index (χ0) is 29.5. The number of amides is 2. The van der Waals surface area contributed by atoms with Crippen LogP contribution < -0.4 is 4.90 Å². The summed E-state index contributed by atoms with van der Waals surface area (Å²) in [6.07, 6.45) is 0.617. The number of hydrogen-bond donors (Lipinski definition) is 0. The second kappa shape index (κ2) is 10.5. The number of anilines is 1. The van der Waals surface area contributed by atoms with Crippen molar-refractivity contribution < 1.29 is 9.59 Å². The molecule has 0 bridgehead atoms. The molecule has 1 aromatic heterocycles. The van der Waals surface area contributed by atoms with Gasteiger partial charge in [0.2, 0.25) is 6.41 Å². The average Bonchev–Trinajstić information content (AvgIpc) is 3.32. The van der Waals surface area contributed by atoms with Gasteiger partial charge in [-0.15, -0.1) is 0 Å². The lowest BCUT2D eigenvalue weighted by atomic mass is 9.99. The Morgan fingerprint density at radius 3 is 2.19 bits per heavy atom. The first-order chi connectivity index (χ1) is 20.3. The second-order valence-corrected chi connectivity index (χ2v) is 10.7. The van der Waals surface area contributed by atoms with Gasteiger partial charge in [0.15, 0.2) is 0 Å². The van der Waals surface area contributed by atoms with E-state index in [1.807, 2.05) is 107 Å². The van der Waals surface area contributed by atoms with Gasteiger partial charge in [0.25, 0.3) is 5.91 Å². The molecule has 6 rings (SSSR count). The van der Waals surface area contributed by atoms with Gasteiger partial charge in [0.1, 0.15) is 0 Å². The Balaban J connectivity index is 1.64. The van der Waals surface area contributed by atoms with Crippen LogP contribution >= 0.6 is 0 Å². The van der Waals surface area contributed by atoms with Crippen molar-refractivity contribution in [3.63, 3.8) is 0 Å². The summed E-state index contributed by atoms with van der Waals surface area (Å²) in [5.74, 6) is -0.384. The molecule has 6 aromatic rings. The van der Waals surface area contributed by atoms with E-state index in [1.54, 1.807) is 0 Å².